The van der Waals surface area contributed by atoms with Crippen molar-refractivity contribution in [3.05, 3.63) is 65.2 Å². The fourth-order valence-corrected chi connectivity index (χ4v) is 4.88. The van der Waals surface area contributed by atoms with E-state index in [2.05, 4.69) is 0 Å². The number of carbonyl (C=O) groups excluding carboxylic acids is 1. The van der Waals surface area contributed by atoms with Crippen LogP contribution >= 0.6 is 11.6 Å². The lowest BCUT2D eigenvalue weighted by Crippen LogP contribution is -2.39. The Hall–Kier alpha value is -1.85. The van der Waals surface area contributed by atoms with Crippen molar-refractivity contribution in [2.45, 2.75) is 23.8 Å². The summed E-state index contributed by atoms with van der Waals surface area (Å²) in [5.41, 5.74) is 0.420. The summed E-state index contributed by atoms with van der Waals surface area (Å²) < 4.78 is 25.2. The van der Waals surface area contributed by atoms with Crippen LogP contribution in [-0.4, -0.2) is 37.6 Å². The third kappa shape index (κ3) is 3.47. The number of hydrogen-bond donors (Lipinski definition) is 0. The molecule has 2 aromatic carbocycles. The summed E-state index contributed by atoms with van der Waals surface area (Å²) >= 11 is 6.11. The zero-order valence-electron chi connectivity index (χ0n) is 13.1. The lowest BCUT2D eigenvalue weighted by molar-refractivity contribution is 0.0749. The Kier molecular flexibility index (Phi) is 4.92. The zero-order valence-corrected chi connectivity index (χ0v) is 14.6. The first kappa shape index (κ1) is 17.0. The van der Waals surface area contributed by atoms with Crippen LogP contribution in [0.25, 0.3) is 0 Å². The van der Waals surface area contributed by atoms with Crippen LogP contribution in [0.5, 0.6) is 0 Å². The molecule has 1 aliphatic rings. The number of nitrogens with zero attached hydrogens (tertiary/aromatic N) is 1. The van der Waals surface area contributed by atoms with Crippen molar-refractivity contribution in [3.8, 4) is 0 Å². The molecule has 6 heteroatoms. The SMILES string of the molecule is O=C(c1ccccc1Cl)N1CCCC1CS(=O)(=O)c1ccccc1. The highest BCUT2D eigenvalue weighted by Gasteiger charge is 2.34. The Labute approximate surface area is 147 Å². The van der Waals surface area contributed by atoms with Crippen molar-refractivity contribution in [1.29, 1.82) is 0 Å². The lowest BCUT2D eigenvalue weighted by atomic mass is 10.2. The van der Waals surface area contributed by atoms with Gasteiger partial charge in [-0.1, -0.05) is 41.9 Å². The summed E-state index contributed by atoms with van der Waals surface area (Å²) in [5, 5.41) is 0.388. The maximum absolute atomic E-state index is 12.7. The molecule has 1 amide bonds. The van der Waals surface area contributed by atoms with Crippen molar-refractivity contribution in [1.82, 2.24) is 4.90 Å². The minimum absolute atomic E-state index is 0.0623. The second kappa shape index (κ2) is 6.95. The number of likely N-dealkylation sites (tertiary alicyclic amines) is 1. The highest BCUT2D eigenvalue weighted by atomic mass is 35.5. The quantitative estimate of drug-likeness (QED) is 0.836. The Morgan fingerprint density at radius 1 is 1.08 bits per heavy atom. The van der Waals surface area contributed by atoms with Crippen LogP contribution in [0.2, 0.25) is 5.02 Å². The standard InChI is InChI=1S/C18H18ClNO3S/c19-17-11-5-4-10-16(17)18(21)20-12-6-7-14(20)13-24(22,23)15-8-2-1-3-9-15/h1-5,8-11,14H,6-7,12-13H2. The minimum atomic E-state index is -3.43. The van der Waals surface area contributed by atoms with Crippen LogP contribution in [0.4, 0.5) is 0 Å². The van der Waals surface area contributed by atoms with Gasteiger partial charge in [-0.2, -0.15) is 0 Å². The van der Waals surface area contributed by atoms with E-state index in [9.17, 15) is 13.2 Å². The molecule has 4 nitrogen and oxygen atoms in total. The third-order valence-electron chi connectivity index (χ3n) is 4.26. The van der Waals surface area contributed by atoms with Crippen molar-refractivity contribution in [3.63, 3.8) is 0 Å². The first-order valence-corrected chi connectivity index (χ1v) is 9.85. The first-order chi connectivity index (χ1) is 11.5. The molecule has 1 unspecified atom stereocenters. The molecule has 24 heavy (non-hydrogen) atoms. The van der Waals surface area contributed by atoms with Crippen LogP contribution in [0.1, 0.15) is 23.2 Å². The summed E-state index contributed by atoms with van der Waals surface area (Å²) in [6, 6.07) is 14.9. The van der Waals surface area contributed by atoms with Crippen molar-refractivity contribution in [2.75, 3.05) is 12.3 Å². The monoisotopic (exact) mass is 363 g/mol. The number of hydrogen-bond acceptors (Lipinski definition) is 3. The van der Waals surface area contributed by atoms with E-state index in [-0.39, 0.29) is 17.7 Å². The molecule has 0 spiro atoms. The second-order valence-electron chi connectivity index (χ2n) is 5.87. The molecule has 0 aromatic heterocycles. The van der Waals surface area contributed by atoms with Gasteiger partial charge in [0.05, 0.1) is 21.2 Å². The molecule has 2 aromatic rings. The van der Waals surface area contributed by atoms with E-state index >= 15 is 0 Å². The molecule has 1 atom stereocenters. The summed E-state index contributed by atoms with van der Waals surface area (Å²) in [4.78, 5) is 14.7. The largest absolute Gasteiger partial charge is 0.335 e. The molecule has 0 aliphatic carbocycles. The van der Waals surface area contributed by atoms with Gasteiger partial charge in [-0.15, -0.1) is 0 Å². The number of carbonyl (C=O) groups is 1. The summed E-state index contributed by atoms with van der Waals surface area (Å²) in [7, 11) is -3.43. The minimum Gasteiger partial charge on any atom is -0.335 e. The van der Waals surface area contributed by atoms with E-state index in [0.29, 0.717) is 28.4 Å². The van der Waals surface area contributed by atoms with Gasteiger partial charge in [0.15, 0.2) is 9.84 Å². The van der Waals surface area contributed by atoms with Gasteiger partial charge in [0.25, 0.3) is 5.91 Å². The van der Waals surface area contributed by atoms with E-state index in [0.717, 1.165) is 6.42 Å². The topological polar surface area (TPSA) is 54.5 Å². The second-order valence-corrected chi connectivity index (χ2v) is 8.31. The van der Waals surface area contributed by atoms with E-state index in [1.54, 1.807) is 59.5 Å². The molecule has 0 saturated carbocycles. The normalized spacial score (nSPS) is 17.9. The predicted octanol–water partition coefficient (Wildman–Crippen LogP) is 3.42. The van der Waals surface area contributed by atoms with Crippen molar-refractivity contribution < 1.29 is 13.2 Å². The Morgan fingerprint density at radius 2 is 1.75 bits per heavy atom. The van der Waals surface area contributed by atoms with Gasteiger partial charge in [0.2, 0.25) is 0 Å². The first-order valence-electron chi connectivity index (χ1n) is 7.82. The Balaban J connectivity index is 1.82. The average molecular weight is 364 g/mol. The van der Waals surface area contributed by atoms with Crippen LogP contribution < -0.4 is 0 Å². The van der Waals surface area contributed by atoms with Crippen LogP contribution in [0.15, 0.2) is 59.5 Å². The third-order valence-corrected chi connectivity index (χ3v) is 6.40. The van der Waals surface area contributed by atoms with Gasteiger partial charge >= 0.3 is 0 Å². The zero-order chi connectivity index (χ0) is 17.2. The van der Waals surface area contributed by atoms with E-state index in [4.69, 9.17) is 11.6 Å². The molecule has 1 fully saturated rings. The Bertz CT molecular complexity index is 836. The lowest BCUT2D eigenvalue weighted by Gasteiger charge is -2.25. The summed E-state index contributed by atoms with van der Waals surface area (Å²) in [5.74, 6) is -0.265. The maximum Gasteiger partial charge on any atom is 0.255 e. The molecule has 126 valence electrons. The number of benzene rings is 2. The van der Waals surface area contributed by atoms with Crippen LogP contribution in [0, 0.1) is 0 Å². The molecular weight excluding hydrogens is 346 g/mol. The van der Waals surface area contributed by atoms with Gasteiger partial charge in [0, 0.05) is 12.6 Å². The maximum atomic E-state index is 12.7. The van der Waals surface area contributed by atoms with Gasteiger partial charge in [-0.25, -0.2) is 8.42 Å². The smallest absolute Gasteiger partial charge is 0.255 e. The van der Waals surface area contributed by atoms with Gasteiger partial charge in [-0.05, 0) is 37.1 Å². The molecule has 0 N–H and O–H groups in total. The highest BCUT2D eigenvalue weighted by Crippen LogP contribution is 2.26. The highest BCUT2D eigenvalue weighted by molar-refractivity contribution is 7.91. The summed E-state index contributed by atoms with van der Waals surface area (Å²) in [6.07, 6.45) is 1.48. The molecule has 0 radical (unpaired) electrons. The van der Waals surface area contributed by atoms with E-state index in [1.807, 2.05) is 0 Å². The van der Waals surface area contributed by atoms with E-state index in [1.165, 1.54) is 0 Å². The van der Waals surface area contributed by atoms with Gasteiger partial charge in [-0.3, -0.25) is 4.79 Å². The van der Waals surface area contributed by atoms with Crippen LogP contribution in [0.3, 0.4) is 0 Å². The predicted molar refractivity (Wildman–Crippen MR) is 94.0 cm³/mol. The molecule has 1 heterocycles. The molecule has 3 rings (SSSR count). The number of rotatable bonds is 4. The van der Waals surface area contributed by atoms with Crippen molar-refractivity contribution in [2.24, 2.45) is 0 Å². The number of halogens is 1. The number of sulfone groups is 1. The number of amides is 1. The fraction of sp³-hybridized carbons (Fsp3) is 0.278. The molecular formula is C18H18ClNO3S. The molecule has 1 saturated heterocycles. The van der Waals surface area contributed by atoms with E-state index < -0.39 is 9.84 Å². The summed E-state index contributed by atoms with van der Waals surface area (Å²) in [6.45, 7) is 0.555. The van der Waals surface area contributed by atoms with Crippen molar-refractivity contribution >= 4 is 27.3 Å². The molecule has 0 bridgehead atoms. The van der Waals surface area contributed by atoms with Crippen LogP contribution in [-0.2, 0) is 9.84 Å². The Morgan fingerprint density at radius 3 is 2.46 bits per heavy atom. The average Bonchev–Trinajstić information content (AvgIpc) is 3.03. The van der Waals surface area contributed by atoms with Gasteiger partial charge < -0.3 is 4.90 Å². The molecule has 1 aliphatic heterocycles. The van der Waals surface area contributed by atoms with Gasteiger partial charge in [0.1, 0.15) is 0 Å². The fourth-order valence-electron chi connectivity index (χ4n) is 3.04.